The SMILES string of the molecule is Clc1cc(Cl)cc(-n2nc(-c3cccnc3)c3c2NCCCC3)c1. The van der Waals surface area contributed by atoms with Gasteiger partial charge < -0.3 is 5.32 Å². The van der Waals surface area contributed by atoms with Gasteiger partial charge >= 0.3 is 0 Å². The van der Waals surface area contributed by atoms with Crippen LogP contribution in [0.2, 0.25) is 10.0 Å². The maximum absolute atomic E-state index is 6.18. The maximum atomic E-state index is 6.18. The first-order chi connectivity index (χ1) is 11.7. The van der Waals surface area contributed by atoms with Crippen LogP contribution in [0.5, 0.6) is 0 Å². The quantitative estimate of drug-likeness (QED) is 0.701. The number of hydrogen-bond acceptors (Lipinski definition) is 3. The van der Waals surface area contributed by atoms with Gasteiger partial charge in [-0.15, -0.1) is 0 Å². The first-order valence-corrected chi connectivity index (χ1v) is 8.70. The summed E-state index contributed by atoms with van der Waals surface area (Å²) < 4.78 is 1.90. The molecule has 1 aliphatic rings. The Morgan fingerprint density at radius 3 is 2.67 bits per heavy atom. The number of fused-ring (bicyclic) bond motifs is 1. The average Bonchev–Trinajstić information content (AvgIpc) is 2.76. The van der Waals surface area contributed by atoms with Crippen molar-refractivity contribution in [1.82, 2.24) is 14.8 Å². The average molecular weight is 359 g/mol. The van der Waals surface area contributed by atoms with Gasteiger partial charge in [0.25, 0.3) is 0 Å². The minimum absolute atomic E-state index is 0.596. The summed E-state index contributed by atoms with van der Waals surface area (Å²) in [5.41, 5.74) is 4.05. The van der Waals surface area contributed by atoms with Crippen molar-refractivity contribution in [3.63, 3.8) is 0 Å². The summed E-state index contributed by atoms with van der Waals surface area (Å²) in [4.78, 5) is 4.23. The molecular weight excluding hydrogens is 343 g/mol. The van der Waals surface area contributed by atoms with Crippen LogP contribution in [0.25, 0.3) is 16.9 Å². The summed E-state index contributed by atoms with van der Waals surface area (Å²) >= 11 is 12.4. The summed E-state index contributed by atoms with van der Waals surface area (Å²) in [6.45, 7) is 0.930. The minimum atomic E-state index is 0.596. The first-order valence-electron chi connectivity index (χ1n) is 7.95. The van der Waals surface area contributed by atoms with Crippen LogP contribution in [-0.2, 0) is 6.42 Å². The molecule has 122 valence electrons. The molecule has 6 heteroatoms. The van der Waals surface area contributed by atoms with E-state index in [1.54, 1.807) is 12.3 Å². The Morgan fingerprint density at radius 2 is 1.92 bits per heavy atom. The van der Waals surface area contributed by atoms with Crippen molar-refractivity contribution < 1.29 is 0 Å². The van der Waals surface area contributed by atoms with Gasteiger partial charge in [-0.05, 0) is 49.6 Å². The Bertz CT molecular complexity index is 854. The molecule has 3 aromatic rings. The van der Waals surface area contributed by atoms with Gasteiger partial charge in [0.05, 0.1) is 11.4 Å². The molecule has 0 radical (unpaired) electrons. The number of hydrogen-bond donors (Lipinski definition) is 1. The lowest BCUT2D eigenvalue weighted by Gasteiger charge is -2.10. The topological polar surface area (TPSA) is 42.7 Å². The van der Waals surface area contributed by atoms with Crippen molar-refractivity contribution in [2.45, 2.75) is 19.3 Å². The van der Waals surface area contributed by atoms with E-state index in [1.165, 1.54) is 5.56 Å². The van der Waals surface area contributed by atoms with Gasteiger partial charge in [-0.25, -0.2) is 4.68 Å². The lowest BCUT2D eigenvalue weighted by atomic mass is 10.1. The van der Waals surface area contributed by atoms with Crippen LogP contribution < -0.4 is 5.32 Å². The molecule has 0 unspecified atom stereocenters. The highest BCUT2D eigenvalue weighted by atomic mass is 35.5. The van der Waals surface area contributed by atoms with Crippen molar-refractivity contribution in [2.24, 2.45) is 0 Å². The molecule has 4 nitrogen and oxygen atoms in total. The zero-order valence-corrected chi connectivity index (χ0v) is 14.5. The van der Waals surface area contributed by atoms with E-state index in [0.717, 1.165) is 48.6 Å². The lowest BCUT2D eigenvalue weighted by molar-refractivity contribution is 0.780. The van der Waals surface area contributed by atoms with Crippen molar-refractivity contribution in [2.75, 3.05) is 11.9 Å². The lowest BCUT2D eigenvalue weighted by Crippen LogP contribution is -2.07. The molecule has 0 aliphatic carbocycles. The predicted octanol–water partition coefficient (Wildman–Crippen LogP) is 4.99. The summed E-state index contributed by atoms with van der Waals surface area (Å²) in [6.07, 6.45) is 6.88. The number of aromatic nitrogens is 3. The van der Waals surface area contributed by atoms with Crippen molar-refractivity contribution in [3.8, 4) is 16.9 Å². The van der Waals surface area contributed by atoms with E-state index in [2.05, 4.69) is 10.3 Å². The molecule has 24 heavy (non-hydrogen) atoms. The predicted molar refractivity (Wildman–Crippen MR) is 98.2 cm³/mol. The Labute approximate surface area is 150 Å². The fraction of sp³-hybridized carbons (Fsp3) is 0.222. The number of pyridine rings is 1. The zero-order chi connectivity index (χ0) is 16.5. The molecule has 1 aliphatic heterocycles. The third-order valence-corrected chi connectivity index (χ3v) is 4.59. The van der Waals surface area contributed by atoms with Gasteiger partial charge in [-0.1, -0.05) is 23.2 Å². The smallest absolute Gasteiger partial charge is 0.133 e. The van der Waals surface area contributed by atoms with E-state index in [9.17, 15) is 0 Å². The molecule has 0 spiro atoms. The largest absolute Gasteiger partial charge is 0.370 e. The van der Waals surface area contributed by atoms with E-state index in [-0.39, 0.29) is 0 Å². The Hall–Kier alpha value is -2.04. The normalized spacial score (nSPS) is 13.9. The van der Waals surface area contributed by atoms with Crippen LogP contribution >= 0.6 is 23.2 Å². The molecule has 0 bridgehead atoms. The summed E-state index contributed by atoms with van der Waals surface area (Å²) in [6, 6.07) is 9.45. The summed E-state index contributed by atoms with van der Waals surface area (Å²) in [5, 5.41) is 9.56. The monoisotopic (exact) mass is 358 g/mol. The third kappa shape index (κ3) is 2.87. The molecule has 1 aromatic carbocycles. The second-order valence-corrected chi connectivity index (χ2v) is 6.71. The van der Waals surface area contributed by atoms with E-state index in [0.29, 0.717) is 10.0 Å². The van der Waals surface area contributed by atoms with Gasteiger partial charge in [0.1, 0.15) is 5.82 Å². The van der Waals surface area contributed by atoms with Crippen LogP contribution in [0.15, 0.2) is 42.7 Å². The van der Waals surface area contributed by atoms with E-state index >= 15 is 0 Å². The Kier molecular flexibility index (Phi) is 4.17. The van der Waals surface area contributed by atoms with Gasteiger partial charge in [0.15, 0.2) is 0 Å². The van der Waals surface area contributed by atoms with Gasteiger partial charge in [-0.3, -0.25) is 4.98 Å². The number of anilines is 1. The first kappa shape index (κ1) is 15.5. The van der Waals surface area contributed by atoms with E-state index in [4.69, 9.17) is 28.3 Å². The summed E-state index contributed by atoms with van der Waals surface area (Å²) in [7, 11) is 0. The second kappa shape index (κ2) is 6.46. The van der Waals surface area contributed by atoms with E-state index < -0.39 is 0 Å². The molecule has 1 N–H and O–H groups in total. The van der Waals surface area contributed by atoms with Crippen LogP contribution in [-0.4, -0.2) is 21.3 Å². The minimum Gasteiger partial charge on any atom is -0.370 e. The fourth-order valence-corrected chi connectivity index (χ4v) is 3.60. The number of rotatable bonds is 2. The van der Waals surface area contributed by atoms with Crippen molar-refractivity contribution in [1.29, 1.82) is 0 Å². The molecule has 4 rings (SSSR count). The molecule has 0 amide bonds. The molecular formula is C18H16Cl2N4. The van der Waals surface area contributed by atoms with Crippen LogP contribution in [0.4, 0.5) is 5.82 Å². The fourth-order valence-electron chi connectivity index (χ4n) is 3.09. The molecule has 0 atom stereocenters. The Morgan fingerprint density at radius 1 is 1.08 bits per heavy atom. The number of nitrogens with zero attached hydrogens (tertiary/aromatic N) is 3. The maximum Gasteiger partial charge on any atom is 0.133 e. The molecule has 0 saturated heterocycles. The highest BCUT2D eigenvalue weighted by Gasteiger charge is 2.22. The van der Waals surface area contributed by atoms with Crippen molar-refractivity contribution in [3.05, 3.63) is 58.3 Å². The number of benzene rings is 1. The third-order valence-electron chi connectivity index (χ3n) is 4.16. The highest BCUT2D eigenvalue weighted by molar-refractivity contribution is 6.34. The van der Waals surface area contributed by atoms with Crippen molar-refractivity contribution >= 4 is 29.0 Å². The number of halogens is 2. The molecule has 0 saturated carbocycles. The van der Waals surface area contributed by atoms with E-state index in [1.807, 2.05) is 35.1 Å². The zero-order valence-electron chi connectivity index (χ0n) is 13.0. The molecule has 0 fully saturated rings. The molecule has 3 heterocycles. The van der Waals surface area contributed by atoms with Crippen LogP contribution in [0, 0.1) is 0 Å². The van der Waals surface area contributed by atoms with Crippen LogP contribution in [0.1, 0.15) is 18.4 Å². The standard InChI is InChI=1S/C18H16Cl2N4/c19-13-8-14(20)10-15(9-13)24-18-16(5-1-2-7-22-18)17(23-24)12-4-3-6-21-11-12/h3-4,6,8-11,22H,1-2,5,7H2. The van der Waals surface area contributed by atoms with Gasteiger partial charge in [0, 0.05) is 40.1 Å². The number of nitrogens with one attached hydrogen (secondary N) is 1. The van der Waals surface area contributed by atoms with Crippen LogP contribution in [0.3, 0.4) is 0 Å². The summed E-state index contributed by atoms with van der Waals surface area (Å²) in [5.74, 6) is 1.02. The van der Waals surface area contributed by atoms with Gasteiger partial charge in [0.2, 0.25) is 0 Å². The highest BCUT2D eigenvalue weighted by Crippen LogP contribution is 2.34. The Balaban J connectivity index is 1.93. The van der Waals surface area contributed by atoms with Gasteiger partial charge in [-0.2, -0.15) is 5.10 Å². The molecule has 2 aromatic heterocycles. The second-order valence-electron chi connectivity index (χ2n) is 5.84.